The largest absolute Gasteiger partial charge is 0.386 e. The van der Waals surface area contributed by atoms with Gasteiger partial charge in [-0.15, -0.1) is 0 Å². The van der Waals surface area contributed by atoms with Crippen LogP contribution in [0.2, 0.25) is 0 Å². The van der Waals surface area contributed by atoms with Crippen molar-refractivity contribution in [3.8, 4) is 0 Å². The lowest BCUT2D eigenvalue weighted by atomic mass is 9.96. The zero-order chi connectivity index (χ0) is 13.7. The Kier molecular flexibility index (Phi) is 4.97. The third-order valence-corrected chi connectivity index (χ3v) is 4.13. The summed E-state index contributed by atoms with van der Waals surface area (Å²) in [7, 11) is 0. The van der Waals surface area contributed by atoms with Gasteiger partial charge in [0.1, 0.15) is 5.60 Å². The summed E-state index contributed by atoms with van der Waals surface area (Å²) in [4.78, 5) is 0. The first-order valence-electron chi connectivity index (χ1n) is 7.21. The van der Waals surface area contributed by atoms with E-state index >= 15 is 0 Å². The molecule has 1 heterocycles. The zero-order valence-electron chi connectivity index (χ0n) is 11.9. The minimum Gasteiger partial charge on any atom is -0.386 e. The van der Waals surface area contributed by atoms with E-state index in [1.165, 1.54) is 5.56 Å². The Balaban J connectivity index is 1.71. The Bertz CT molecular complexity index is 382. The topological polar surface area (TPSA) is 41.5 Å². The molecular weight excluding hydrogens is 238 g/mol. The van der Waals surface area contributed by atoms with Crippen molar-refractivity contribution in [1.29, 1.82) is 0 Å². The average molecular weight is 263 g/mol. The Labute approximate surface area is 116 Å². The van der Waals surface area contributed by atoms with Crippen LogP contribution in [0.3, 0.4) is 0 Å². The van der Waals surface area contributed by atoms with E-state index in [9.17, 15) is 5.11 Å². The molecular formula is C16H25NO2. The highest BCUT2D eigenvalue weighted by Gasteiger charge is 2.39. The molecule has 0 radical (unpaired) electrons. The predicted molar refractivity (Wildman–Crippen MR) is 77.2 cm³/mol. The van der Waals surface area contributed by atoms with Gasteiger partial charge in [-0.05, 0) is 32.3 Å². The van der Waals surface area contributed by atoms with Crippen molar-refractivity contribution in [3.05, 3.63) is 35.9 Å². The van der Waals surface area contributed by atoms with E-state index < -0.39 is 5.60 Å². The fraction of sp³-hybridized carbons (Fsp3) is 0.625. The van der Waals surface area contributed by atoms with Crippen LogP contribution >= 0.6 is 0 Å². The SMILES string of the molecule is CC(CCc1ccccc1)NCC1(O)CCOC1C. The monoisotopic (exact) mass is 263 g/mol. The van der Waals surface area contributed by atoms with Gasteiger partial charge in [-0.2, -0.15) is 0 Å². The smallest absolute Gasteiger partial charge is 0.105 e. The van der Waals surface area contributed by atoms with Gasteiger partial charge in [-0.3, -0.25) is 0 Å². The van der Waals surface area contributed by atoms with Gasteiger partial charge in [0.2, 0.25) is 0 Å². The van der Waals surface area contributed by atoms with Gasteiger partial charge in [0.05, 0.1) is 6.10 Å². The van der Waals surface area contributed by atoms with Crippen LogP contribution in [0.4, 0.5) is 0 Å². The first-order chi connectivity index (χ1) is 9.10. The highest BCUT2D eigenvalue weighted by atomic mass is 16.5. The number of nitrogens with one attached hydrogen (secondary N) is 1. The van der Waals surface area contributed by atoms with E-state index in [1.54, 1.807) is 0 Å². The van der Waals surface area contributed by atoms with Crippen molar-refractivity contribution in [1.82, 2.24) is 5.32 Å². The number of ether oxygens (including phenoxy) is 1. The molecule has 0 aromatic heterocycles. The van der Waals surface area contributed by atoms with Crippen LogP contribution < -0.4 is 5.32 Å². The molecule has 0 amide bonds. The maximum Gasteiger partial charge on any atom is 0.105 e. The number of aryl methyl sites for hydroxylation is 1. The lowest BCUT2D eigenvalue weighted by Crippen LogP contribution is -2.48. The minimum absolute atomic E-state index is 0.0682. The van der Waals surface area contributed by atoms with E-state index in [2.05, 4.69) is 36.5 Å². The molecule has 3 atom stereocenters. The first kappa shape index (κ1) is 14.5. The lowest BCUT2D eigenvalue weighted by molar-refractivity contribution is -0.0274. The molecule has 1 aliphatic heterocycles. The number of hydrogen-bond acceptors (Lipinski definition) is 3. The Morgan fingerprint density at radius 1 is 1.42 bits per heavy atom. The highest BCUT2D eigenvalue weighted by Crippen LogP contribution is 2.24. The third kappa shape index (κ3) is 4.03. The van der Waals surface area contributed by atoms with Gasteiger partial charge < -0.3 is 15.2 Å². The van der Waals surface area contributed by atoms with E-state index in [0.717, 1.165) is 19.3 Å². The predicted octanol–water partition coefficient (Wildman–Crippen LogP) is 2.14. The van der Waals surface area contributed by atoms with E-state index in [1.807, 2.05) is 13.0 Å². The second-order valence-electron chi connectivity index (χ2n) is 5.67. The second-order valence-corrected chi connectivity index (χ2v) is 5.67. The molecule has 1 fully saturated rings. The maximum absolute atomic E-state index is 10.4. The molecule has 3 unspecified atom stereocenters. The molecule has 19 heavy (non-hydrogen) atoms. The summed E-state index contributed by atoms with van der Waals surface area (Å²) < 4.78 is 5.44. The summed E-state index contributed by atoms with van der Waals surface area (Å²) in [6.07, 6.45) is 2.81. The summed E-state index contributed by atoms with van der Waals surface area (Å²) in [6, 6.07) is 10.9. The standard InChI is InChI=1S/C16H25NO2/c1-13(8-9-15-6-4-3-5-7-15)17-12-16(18)10-11-19-14(16)2/h3-7,13-14,17-18H,8-12H2,1-2H3. The van der Waals surface area contributed by atoms with Gasteiger partial charge >= 0.3 is 0 Å². The normalized spacial score (nSPS) is 28.5. The van der Waals surface area contributed by atoms with Crippen molar-refractivity contribution < 1.29 is 9.84 Å². The van der Waals surface area contributed by atoms with Gasteiger partial charge in [0.25, 0.3) is 0 Å². The summed E-state index contributed by atoms with van der Waals surface area (Å²) in [5, 5.41) is 13.8. The molecule has 0 aliphatic carbocycles. The molecule has 1 aromatic rings. The Hall–Kier alpha value is -0.900. The van der Waals surface area contributed by atoms with Crippen molar-refractivity contribution in [2.24, 2.45) is 0 Å². The number of benzene rings is 1. The molecule has 106 valence electrons. The van der Waals surface area contributed by atoms with Crippen LogP contribution in [-0.2, 0) is 11.2 Å². The fourth-order valence-electron chi connectivity index (χ4n) is 2.48. The van der Waals surface area contributed by atoms with E-state index in [-0.39, 0.29) is 6.10 Å². The van der Waals surface area contributed by atoms with Gasteiger partial charge in [0, 0.05) is 25.6 Å². The Morgan fingerprint density at radius 2 is 2.16 bits per heavy atom. The minimum atomic E-state index is -0.693. The van der Waals surface area contributed by atoms with Gasteiger partial charge in [-0.25, -0.2) is 0 Å². The molecule has 0 saturated carbocycles. The second kappa shape index (κ2) is 6.51. The molecule has 0 bridgehead atoms. The highest BCUT2D eigenvalue weighted by molar-refractivity contribution is 5.14. The summed E-state index contributed by atoms with van der Waals surface area (Å²) in [6.45, 7) is 5.40. The average Bonchev–Trinajstić information content (AvgIpc) is 2.76. The van der Waals surface area contributed by atoms with Crippen LogP contribution in [0.25, 0.3) is 0 Å². The Morgan fingerprint density at radius 3 is 2.79 bits per heavy atom. The van der Waals surface area contributed by atoms with Crippen molar-refractivity contribution in [2.45, 2.75) is 50.9 Å². The molecule has 0 spiro atoms. The third-order valence-electron chi connectivity index (χ3n) is 4.13. The van der Waals surface area contributed by atoms with Gasteiger partial charge in [0.15, 0.2) is 0 Å². The molecule has 2 N–H and O–H groups in total. The van der Waals surface area contributed by atoms with Crippen LogP contribution in [0.15, 0.2) is 30.3 Å². The number of hydrogen-bond donors (Lipinski definition) is 2. The molecule has 3 nitrogen and oxygen atoms in total. The van der Waals surface area contributed by atoms with Crippen molar-refractivity contribution >= 4 is 0 Å². The lowest BCUT2D eigenvalue weighted by Gasteiger charge is -2.28. The molecule has 3 heteroatoms. The number of aliphatic hydroxyl groups is 1. The molecule has 1 saturated heterocycles. The quantitative estimate of drug-likeness (QED) is 0.826. The number of rotatable bonds is 6. The first-order valence-corrected chi connectivity index (χ1v) is 7.21. The summed E-state index contributed by atoms with van der Waals surface area (Å²) in [5.74, 6) is 0. The molecule has 1 aromatic carbocycles. The summed E-state index contributed by atoms with van der Waals surface area (Å²) >= 11 is 0. The van der Waals surface area contributed by atoms with Crippen LogP contribution in [-0.4, -0.2) is 36.0 Å². The molecule has 1 aliphatic rings. The van der Waals surface area contributed by atoms with Crippen molar-refractivity contribution in [3.63, 3.8) is 0 Å². The fourth-order valence-corrected chi connectivity index (χ4v) is 2.48. The van der Waals surface area contributed by atoms with E-state index in [0.29, 0.717) is 19.2 Å². The zero-order valence-corrected chi connectivity index (χ0v) is 11.9. The van der Waals surface area contributed by atoms with Crippen LogP contribution in [0.1, 0.15) is 32.3 Å². The van der Waals surface area contributed by atoms with Crippen LogP contribution in [0, 0.1) is 0 Å². The maximum atomic E-state index is 10.4. The van der Waals surface area contributed by atoms with E-state index in [4.69, 9.17) is 4.74 Å². The van der Waals surface area contributed by atoms with Crippen LogP contribution in [0.5, 0.6) is 0 Å². The molecule has 2 rings (SSSR count). The summed E-state index contributed by atoms with van der Waals surface area (Å²) in [5.41, 5.74) is 0.675. The van der Waals surface area contributed by atoms with Crippen molar-refractivity contribution in [2.75, 3.05) is 13.2 Å². The van der Waals surface area contributed by atoms with Gasteiger partial charge in [-0.1, -0.05) is 30.3 Å².